The Morgan fingerprint density at radius 3 is 2.85 bits per heavy atom. The lowest BCUT2D eigenvalue weighted by Crippen LogP contribution is -2.62. The lowest BCUT2D eigenvalue weighted by molar-refractivity contribution is -0.129. The van der Waals surface area contributed by atoms with Crippen LogP contribution >= 0.6 is 0 Å². The molecule has 8 heteroatoms. The number of sulfonamides is 1. The molecule has 1 aliphatic heterocycles. The van der Waals surface area contributed by atoms with Gasteiger partial charge in [0.05, 0.1) is 19.0 Å². The highest BCUT2D eigenvalue weighted by Gasteiger charge is 2.54. The first kappa shape index (κ1) is 15.7. The number of fused-ring (bicyclic) bond motifs is 1. The van der Waals surface area contributed by atoms with Crippen LogP contribution in [0.1, 0.15) is 12.8 Å². The molecule has 0 unspecified atom stereocenters. The topological polar surface area (TPSA) is 93.7 Å². The number of amides is 1. The van der Waals surface area contributed by atoms with Crippen molar-refractivity contribution in [3.05, 3.63) is 0 Å². The molecule has 1 aliphatic carbocycles. The number of methoxy groups -OCH3 is 1. The van der Waals surface area contributed by atoms with Gasteiger partial charge in [0.1, 0.15) is 0 Å². The molecule has 0 aromatic rings. The van der Waals surface area contributed by atoms with Crippen LogP contribution in [-0.2, 0) is 24.3 Å². The Labute approximate surface area is 119 Å². The van der Waals surface area contributed by atoms with Crippen LogP contribution in [0.25, 0.3) is 0 Å². The van der Waals surface area contributed by atoms with Gasteiger partial charge in [0.25, 0.3) is 0 Å². The van der Waals surface area contributed by atoms with Gasteiger partial charge in [-0.15, -0.1) is 0 Å². The zero-order valence-corrected chi connectivity index (χ0v) is 12.6. The summed E-state index contributed by atoms with van der Waals surface area (Å²) in [6.07, 6.45) is 2.36. The second-order valence-electron chi connectivity index (χ2n) is 5.42. The van der Waals surface area contributed by atoms with Gasteiger partial charge < -0.3 is 14.8 Å². The molecule has 7 nitrogen and oxygen atoms in total. The van der Waals surface area contributed by atoms with Gasteiger partial charge in [-0.2, -0.15) is 0 Å². The SMILES string of the molecule is COC[C@@H]1[C@@H](NC(=O)CCNS(C)(=O)=O)[C@@H]2CCO[C@H]12. The van der Waals surface area contributed by atoms with E-state index in [1.54, 1.807) is 7.11 Å². The lowest BCUT2D eigenvalue weighted by Gasteiger charge is -2.47. The lowest BCUT2D eigenvalue weighted by atomic mass is 9.67. The van der Waals surface area contributed by atoms with E-state index in [9.17, 15) is 13.2 Å². The second-order valence-corrected chi connectivity index (χ2v) is 7.25. The fourth-order valence-corrected chi connectivity index (χ4v) is 3.52. The van der Waals surface area contributed by atoms with Crippen LogP contribution in [0, 0.1) is 11.8 Å². The number of carbonyl (C=O) groups excluding carboxylic acids is 1. The Hall–Kier alpha value is -0.700. The summed E-state index contributed by atoms with van der Waals surface area (Å²) in [5.74, 6) is 0.416. The molecule has 2 aliphatic rings. The molecule has 2 N–H and O–H groups in total. The smallest absolute Gasteiger partial charge is 0.221 e. The first-order chi connectivity index (χ1) is 9.42. The van der Waals surface area contributed by atoms with E-state index in [2.05, 4.69) is 10.0 Å². The quantitative estimate of drug-likeness (QED) is 0.635. The molecular formula is C12H22N2O5S. The largest absolute Gasteiger partial charge is 0.384 e. The van der Waals surface area contributed by atoms with Crippen molar-refractivity contribution >= 4 is 15.9 Å². The monoisotopic (exact) mass is 306 g/mol. The second kappa shape index (κ2) is 6.38. The summed E-state index contributed by atoms with van der Waals surface area (Å²) in [6, 6.07) is 0.0770. The van der Waals surface area contributed by atoms with E-state index in [0.717, 1.165) is 19.3 Å². The maximum atomic E-state index is 11.8. The van der Waals surface area contributed by atoms with E-state index in [1.807, 2.05) is 0 Å². The number of hydrogen-bond acceptors (Lipinski definition) is 5. The zero-order chi connectivity index (χ0) is 14.8. The summed E-state index contributed by atoms with van der Waals surface area (Å²) in [4.78, 5) is 11.8. The fourth-order valence-electron chi connectivity index (χ4n) is 3.04. The van der Waals surface area contributed by atoms with Crippen LogP contribution in [-0.4, -0.2) is 59.6 Å². The maximum Gasteiger partial charge on any atom is 0.221 e. The third-order valence-electron chi connectivity index (χ3n) is 3.93. The Kier molecular flexibility index (Phi) is 5.00. The van der Waals surface area contributed by atoms with Gasteiger partial charge in [-0.1, -0.05) is 0 Å². The van der Waals surface area contributed by atoms with Crippen LogP contribution in [0.3, 0.4) is 0 Å². The average molecular weight is 306 g/mol. The van der Waals surface area contributed by atoms with Gasteiger partial charge >= 0.3 is 0 Å². The van der Waals surface area contributed by atoms with E-state index in [1.165, 1.54) is 0 Å². The predicted octanol–water partition coefficient (Wildman–Crippen LogP) is -0.908. The standard InChI is InChI=1S/C12H22N2O5S/c1-18-7-9-11(8-4-6-19-12(8)9)14-10(15)3-5-13-20(2,16)17/h8-9,11-13H,3-7H2,1-2H3,(H,14,15)/t8-,9+,11-,12-/m0/s1. The molecule has 1 saturated heterocycles. The van der Waals surface area contributed by atoms with E-state index in [0.29, 0.717) is 12.5 Å². The van der Waals surface area contributed by atoms with Gasteiger partial charge in [-0.05, 0) is 6.42 Å². The molecule has 1 amide bonds. The minimum absolute atomic E-state index is 0.0770. The first-order valence-corrected chi connectivity index (χ1v) is 8.66. The number of nitrogens with one attached hydrogen (secondary N) is 2. The first-order valence-electron chi connectivity index (χ1n) is 6.77. The number of ether oxygens (including phenoxy) is 2. The molecule has 0 aromatic heterocycles. The van der Waals surface area contributed by atoms with Gasteiger partial charge in [0, 0.05) is 44.6 Å². The van der Waals surface area contributed by atoms with E-state index in [4.69, 9.17) is 9.47 Å². The molecule has 0 spiro atoms. The molecule has 2 fully saturated rings. The van der Waals surface area contributed by atoms with Crippen LogP contribution in [0.15, 0.2) is 0 Å². The van der Waals surface area contributed by atoms with Crippen LogP contribution in [0.2, 0.25) is 0 Å². The molecule has 20 heavy (non-hydrogen) atoms. The van der Waals surface area contributed by atoms with Gasteiger partial charge in [0.15, 0.2) is 0 Å². The number of rotatable bonds is 7. The van der Waals surface area contributed by atoms with Crippen LogP contribution < -0.4 is 10.0 Å². The van der Waals surface area contributed by atoms with Crippen molar-refractivity contribution in [2.45, 2.75) is 25.0 Å². The van der Waals surface area contributed by atoms with Gasteiger partial charge in [-0.25, -0.2) is 13.1 Å². The molecule has 1 heterocycles. The Morgan fingerprint density at radius 1 is 1.45 bits per heavy atom. The van der Waals surface area contributed by atoms with Crippen LogP contribution in [0.5, 0.6) is 0 Å². The van der Waals surface area contributed by atoms with Gasteiger partial charge in [-0.3, -0.25) is 4.79 Å². The summed E-state index contributed by atoms with van der Waals surface area (Å²) in [6.45, 7) is 1.42. The van der Waals surface area contributed by atoms with Gasteiger partial charge in [0.2, 0.25) is 15.9 Å². The average Bonchev–Trinajstić information content (AvgIpc) is 2.76. The number of hydrogen-bond donors (Lipinski definition) is 2. The predicted molar refractivity (Wildman–Crippen MR) is 72.6 cm³/mol. The Balaban J connectivity index is 1.78. The van der Waals surface area contributed by atoms with Crippen molar-refractivity contribution in [1.82, 2.24) is 10.0 Å². The summed E-state index contributed by atoms with van der Waals surface area (Å²) in [5, 5.41) is 2.98. The summed E-state index contributed by atoms with van der Waals surface area (Å²) in [5.41, 5.74) is 0. The normalized spacial score (nSPS) is 32.5. The molecule has 0 radical (unpaired) electrons. The molecule has 116 valence electrons. The molecule has 1 saturated carbocycles. The van der Waals surface area contributed by atoms with Crippen molar-refractivity contribution in [3.8, 4) is 0 Å². The van der Waals surface area contributed by atoms with E-state index < -0.39 is 10.0 Å². The highest BCUT2D eigenvalue weighted by molar-refractivity contribution is 7.88. The van der Waals surface area contributed by atoms with Crippen molar-refractivity contribution in [3.63, 3.8) is 0 Å². The maximum absolute atomic E-state index is 11.8. The minimum Gasteiger partial charge on any atom is -0.384 e. The minimum atomic E-state index is -3.24. The summed E-state index contributed by atoms with van der Waals surface area (Å²) >= 11 is 0. The Bertz CT molecular complexity index is 453. The summed E-state index contributed by atoms with van der Waals surface area (Å²) < 4.78 is 34.9. The third kappa shape index (κ3) is 3.69. The van der Waals surface area contributed by atoms with E-state index >= 15 is 0 Å². The molecule has 4 atom stereocenters. The fraction of sp³-hybridized carbons (Fsp3) is 0.917. The van der Waals surface area contributed by atoms with Crippen molar-refractivity contribution in [2.75, 3.05) is 33.1 Å². The third-order valence-corrected chi connectivity index (χ3v) is 4.66. The molecule has 0 aromatic carbocycles. The van der Waals surface area contributed by atoms with Crippen molar-refractivity contribution < 1.29 is 22.7 Å². The van der Waals surface area contributed by atoms with Crippen molar-refractivity contribution in [2.24, 2.45) is 11.8 Å². The molecule has 2 rings (SSSR count). The highest BCUT2D eigenvalue weighted by Crippen LogP contribution is 2.43. The summed E-state index contributed by atoms with van der Waals surface area (Å²) in [7, 11) is -1.61. The van der Waals surface area contributed by atoms with E-state index in [-0.39, 0.29) is 36.9 Å². The highest BCUT2D eigenvalue weighted by atomic mass is 32.2. The van der Waals surface area contributed by atoms with Crippen molar-refractivity contribution in [1.29, 1.82) is 0 Å². The Morgan fingerprint density at radius 2 is 2.20 bits per heavy atom. The molecular weight excluding hydrogens is 284 g/mol. The molecule has 0 bridgehead atoms. The van der Waals surface area contributed by atoms with Crippen LogP contribution in [0.4, 0.5) is 0 Å². The number of carbonyl (C=O) groups is 1. The zero-order valence-electron chi connectivity index (χ0n) is 11.8.